The van der Waals surface area contributed by atoms with E-state index >= 15 is 0 Å². The predicted octanol–water partition coefficient (Wildman–Crippen LogP) is 5.28. The molecule has 0 saturated heterocycles. The zero-order valence-corrected chi connectivity index (χ0v) is 14.9. The fourth-order valence-electron chi connectivity index (χ4n) is 2.09. The average Bonchev–Trinajstić information content (AvgIpc) is 2.46. The van der Waals surface area contributed by atoms with Crippen molar-refractivity contribution in [3.63, 3.8) is 0 Å². The number of benzene rings is 2. The molecule has 2 nitrogen and oxygen atoms in total. The highest BCUT2D eigenvalue weighted by molar-refractivity contribution is 9.10. The van der Waals surface area contributed by atoms with Crippen LogP contribution in [-0.2, 0) is 6.42 Å². The maximum Gasteiger partial charge on any atom is 0.160 e. The monoisotopic (exact) mass is 416 g/mol. The zero-order valence-electron chi connectivity index (χ0n) is 11.7. The first-order valence-corrected chi connectivity index (χ1v) is 8.05. The molecule has 0 saturated carbocycles. The van der Waals surface area contributed by atoms with Gasteiger partial charge in [0.15, 0.2) is 11.5 Å². The Kier molecular flexibility index (Phi) is 5.65. The lowest BCUT2D eigenvalue weighted by Gasteiger charge is -2.13. The summed E-state index contributed by atoms with van der Waals surface area (Å²) in [6.45, 7) is 0. The molecule has 2 aromatic rings. The van der Waals surface area contributed by atoms with Crippen LogP contribution < -0.4 is 9.47 Å². The molecule has 21 heavy (non-hydrogen) atoms. The summed E-state index contributed by atoms with van der Waals surface area (Å²) in [7, 11) is 3.21. The van der Waals surface area contributed by atoms with Gasteiger partial charge in [0.05, 0.1) is 14.2 Å². The highest BCUT2D eigenvalue weighted by Gasteiger charge is 2.12. The lowest BCUT2D eigenvalue weighted by molar-refractivity contribution is 0.354. The Morgan fingerprint density at radius 2 is 1.76 bits per heavy atom. The molecule has 0 aliphatic heterocycles. The summed E-state index contributed by atoms with van der Waals surface area (Å²) < 4.78 is 24.7. The lowest BCUT2D eigenvalue weighted by Crippen LogP contribution is -1.98. The van der Waals surface area contributed by atoms with E-state index in [-0.39, 0.29) is 10.6 Å². The summed E-state index contributed by atoms with van der Waals surface area (Å²) in [5.74, 6) is 1.13. The van der Waals surface area contributed by atoms with Crippen LogP contribution in [0.4, 0.5) is 4.39 Å². The van der Waals surface area contributed by atoms with E-state index in [0.717, 1.165) is 22.0 Å². The van der Waals surface area contributed by atoms with Gasteiger partial charge in [-0.1, -0.05) is 37.9 Å². The minimum Gasteiger partial charge on any atom is -0.493 e. The number of rotatable bonds is 5. The van der Waals surface area contributed by atoms with Gasteiger partial charge in [-0.2, -0.15) is 0 Å². The molecule has 0 N–H and O–H groups in total. The van der Waals surface area contributed by atoms with Crippen LogP contribution in [0, 0.1) is 5.82 Å². The second-order valence-corrected chi connectivity index (χ2v) is 6.58. The van der Waals surface area contributed by atoms with Crippen molar-refractivity contribution in [2.24, 2.45) is 0 Å². The summed E-state index contributed by atoms with van der Waals surface area (Å²) in [4.78, 5) is 0.0163. The average molecular weight is 418 g/mol. The number of hydrogen-bond acceptors (Lipinski definition) is 2. The molecule has 0 fully saturated rings. The van der Waals surface area contributed by atoms with E-state index in [9.17, 15) is 4.39 Å². The molecule has 2 aromatic carbocycles. The van der Waals surface area contributed by atoms with E-state index in [1.807, 2.05) is 24.3 Å². The van der Waals surface area contributed by atoms with Gasteiger partial charge < -0.3 is 9.47 Å². The van der Waals surface area contributed by atoms with E-state index in [1.165, 1.54) is 12.1 Å². The van der Waals surface area contributed by atoms with Crippen LogP contribution in [0.1, 0.15) is 16.0 Å². The quantitative estimate of drug-likeness (QED) is 0.615. The molecule has 112 valence electrons. The third-order valence-electron chi connectivity index (χ3n) is 3.11. The summed E-state index contributed by atoms with van der Waals surface area (Å²) in [6, 6.07) is 10.7. The Balaban J connectivity index is 2.20. The minimum absolute atomic E-state index is 0.0163. The van der Waals surface area contributed by atoms with Crippen molar-refractivity contribution in [1.82, 2.24) is 0 Å². The normalized spacial score (nSPS) is 12.0. The van der Waals surface area contributed by atoms with Crippen molar-refractivity contribution in [3.8, 4) is 11.5 Å². The number of alkyl halides is 1. The van der Waals surface area contributed by atoms with Crippen molar-refractivity contribution in [2.45, 2.75) is 11.2 Å². The maximum absolute atomic E-state index is 13.5. The fraction of sp³-hybridized carbons (Fsp3) is 0.250. The Labute approximate surface area is 140 Å². The van der Waals surface area contributed by atoms with Gasteiger partial charge in [0, 0.05) is 9.30 Å². The van der Waals surface area contributed by atoms with E-state index in [1.54, 1.807) is 14.2 Å². The Morgan fingerprint density at radius 1 is 1.05 bits per heavy atom. The molecule has 0 aliphatic carbocycles. The van der Waals surface area contributed by atoms with Gasteiger partial charge in [-0.25, -0.2) is 4.39 Å². The van der Waals surface area contributed by atoms with Crippen LogP contribution in [0.15, 0.2) is 40.9 Å². The standard InChI is InChI=1S/C16H15Br2FO2/c1-20-15-4-3-10(6-16(15)21-2)5-14(18)11-7-12(17)9-13(19)8-11/h3-4,6-9,14H,5H2,1-2H3. The Bertz CT molecular complexity index is 611. The van der Waals surface area contributed by atoms with Crippen molar-refractivity contribution < 1.29 is 13.9 Å². The third kappa shape index (κ3) is 4.20. The lowest BCUT2D eigenvalue weighted by atomic mass is 10.0. The Hall–Kier alpha value is -1.07. The molecule has 1 atom stereocenters. The molecule has 0 radical (unpaired) electrons. The third-order valence-corrected chi connectivity index (χ3v) is 4.42. The van der Waals surface area contributed by atoms with Crippen LogP contribution in [-0.4, -0.2) is 14.2 Å². The van der Waals surface area contributed by atoms with Crippen LogP contribution >= 0.6 is 31.9 Å². The summed E-state index contributed by atoms with van der Waals surface area (Å²) >= 11 is 6.92. The fourth-order valence-corrected chi connectivity index (χ4v) is 3.21. The van der Waals surface area contributed by atoms with Gasteiger partial charge >= 0.3 is 0 Å². The van der Waals surface area contributed by atoms with Gasteiger partial charge in [-0.15, -0.1) is 0 Å². The number of ether oxygens (including phenoxy) is 2. The van der Waals surface area contributed by atoms with Gasteiger partial charge in [0.2, 0.25) is 0 Å². The second kappa shape index (κ2) is 7.27. The maximum atomic E-state index is 13.5. The smallest absolute Gasteiger partial charge is 0.160 e. The van der Waals surface area contributed by atoms with Crippen LogP contribution in [0.5, 0.6) is 11.5 Å². The highest BCUT2D eigenvalue weighted by atomic mass is 79.9. The van der Waals surface area contributed by atoms with Gasteiger partial charge in [0.25, 0.3) is 0 Å². The largest absolute Gasteiger partial charge is 0.493 e. The molecule has 2 rings (SSSR count). The first-order valence-electron chi connectivity index (χ1n) is 6.34. The summed E-state index contributed by atoms with van der Waals surface area (Å²) in [5.41, 5.74) is 1.96. The van der Waals surface area contributed by atoms with Gasteiger partial charge in [-0.3, -0.25) is 0 Å². The van der Waals surface area contributed by atoms with Gasteiger partial charge in [0.1, 0.15) is 5.82 Å². The number of halogens is 3. The van der Waals surface area contributed by atoms with E-state index < -0.39 is 0 Å². The first-order chi connectivity index (χ1) is 10.0. The minimum atomic E-state index is -0.254. The predicted molar refractivity (Wildman–Crippen MR) is 89.0 cm³/mol. The van der Waals surface area contributed by atoms with Crippen molar-refractivity contribution in [1.29, 1.82) is 0 Å². The highest BCUT2D eigenvalue weighted by Crippen LogP contribution is 2.33. The summed E-state index contributed by atoms with van der Waals surface area (Å²) in [6.07, 6.45) is 0.718. The van der Waals surface area contributed by atoms with Crippen LogP contribution in [0.3, 0.4) is 0 Å². The van der Waals surface area contributed by atoms with Gasteiger partial charge in [-0.05, 0) is 47.9 Å². The molecule has 0 heterocycles. The molecule has 5 heteroatoms. The van der Waals surface area contributed by atoms with E-state index in [2.05, 4.69) is 31.9 Å². The molecule has 1 unspecified atom stereocenters. The molecule has 0 bridgehead atoms. The molecular formula is C16H15Br2FO2. The molecule has 0 aliphatic rings. The van der Waals surface area contributed by atoms with Crippen LogP contribution in [0.2, 0.25) is 0 Å². The Morgan fingerprint density at radius 3 is 2.38 bits per heavy atom. The zero-order chi connectivity index (χ0) is 15.4. The van der Waals surface area contributed by atoms with Crippen LogP contribution in [0.25, 0.3) is 0 Å². The topological polar surface area (TPSA) is 18.5 Å². The van der Waals surface area contributed by atoms with Crippen molar-refractivity contribution in [3.05, 3.63) is 57.8 Å². The molecule has 0 amide bonds. The van der Waals surface area contributed by atoms with Crippen molar-refractivity contribution in [2.75, 3.05) is 14.2 Å². The molecule has 0 aromatic heterocycles. The second-order valence-electron chi connectivity index (χ2n) is 4.56. The summed E-state index contributed by atoms with van der Waals surface area (Å²) in [5, 5.41) is 0. The van der Waals surface area contributed by atoms with E-state index in [0.29, 0.717) is 11.5 Å². The number of methoxy groups -OCH3 is 2. The SMILES string of the molecule is COc1ccc(CC(Br)c2cc(F)cc(Br)c2)cc1OC. The number of hydrogen-bond donors (Lipinski definition) is 0. The van der Waals surface area contributed by atoms with Crippen molar-refractivity contribution >= 4 is 31.9 Å². The first kappa shape index (κ1) is 16.3. The molecule has 0 spiro atoms. The molecular weight excluding hydrogens is 403 g/mol. The van der Waals surface area contributed by atoms with E-state index in [4.69, 9.17) is 9.47 Å².